The van der Waals surface area contributed by atoms with Crippen LogP contribution < -0.4 is 20.5 Å². The second-order valence-electron chi connectivity index (χ2n) is 14.3. The van der Waals surface area contributed by atoms with E-state index in [9.17, 15) is 14.4 Å². The number of anilines is 2. The highest BCUT2D eigenvalue weighted by atomic mass is 16.5. The fourth-order valence-corrected chi connectivity index (χ4v) is 5.09. The molecule has 0 saturated carbocycles. The van der Waals surface area contributed by atoms with Crippen LogP contribution in [0.3, 0.4) is 0 Å². The molecule has 0 atom stereocenters. The van der Waals surface area contributed by atoms with Crippen LogP contribution in [0.15, 0.2) is 106 Å². The van der Waals surface area contributed by atoms with E-state index in [4.69, 9.17) is 25.4 Å². The highest BCUT2D eigenvalue weighted by Gasteiger charge is 2.11. The fraction of sp³-hybridized carbons (Fsp3) is 0.413. The highest BCUT2D eigenvalue weighted by Crippen LogP contribution is 2.27. The number of rotatable bonds is 21. The minimum Gasteiger partial charge on any atom is -0.487 e. The van der Waals surface area contributed by atoms with Crippen LogP contribution in [0.4, 0.5) is 11.4 Å². The van der Waals surface area contributed by atoms with E-state index in [1.54, 1.807) is 12.1 Å². The molecule has 2 aromatic rings. The molecule has 55 heavy (non-hydrogen) atoms. The van der Waals surface area contributed by atoms with Crippen molar-refractivity contribution in [1.82, 2.24) is 0 Å². The quantitative estimate of drug-likeness (QED) is 0.0726. The predicted molar refractivity (Wildman–Crippen MR) is 227 cm³/mol. The van der Waals surface area contributed by atoms with Crippen LogP contribution in [0, 0.1) is 0 Å². The Labute approximate surface area is 329 Å². The Kier molecular flexibility index (Phi) is 23.0. The van der Waals surface area contributed by atoms with Crippen molar-refractivity contribution in [3.05, 3.63) is 117 Å². The van der Waals surface area contributed by atoms with E-state index < -0.39 is 11.9 Å². The maximum Gasteiger partial charge on any atom is 0.335 e. The summed E-state index contributed by atoms with van der Waals surface area (Å²) in [4.78, 5) is 33.5. The summed E-state index contributed by atoms with van der Waals surface area (Å²) in [5.41, 5.74) is 15.0. The Hall–Kier alpha value is -5.31. The van der Waals surface area contributed by atoms with Gasteiger partial charge in [0.1, 0.15) is 24.7 Å². The molecular weight excluding hydrogens is 693 g/mol. The summed E-state index contributed by atoms with van der Waals surface area (Å²) < 4.78 is 11.3. The van der Waals surface area contributed by atoms with Gasteiger partial charge in [0.15, 0.2) is 0 Å². The second kappa shape index (κ2) is 26.5. The van der Waals surface area contributed by atoms with E-state index >= 15 is 0 Å². The summed E-state index contributed by atoms with van der Waals surface area (Å²) in [7, 11) is 0. The van der Waals surface area contributed by atoms with Crippen LogP contribution in [0.5, 0.6) is 11.5 Å². The molecule has 0 aliphatic rings. The van der Waals surface area contributed by atoms with Gasteiger partial charge in [-0.1, -0.05) is 57.7 Å². The number of carbonyl (C=O) groups excluding carboxylic acids is 1. The fourth-order valence-electron chi connectivity index (χ4n) is 5.09. The molecule has 2 aromatic carbocycles. The van der Waals surface area contributed by atoms with E-state index in [0.29, 0.717) is 36.1 Å². The number of benzene rings is 2. The number of allylic oxidation sites excluding steroid dienone is 10. The molecule has 0 aliphatic heterocycles. The zero-order valence-corrected chi connectivity index (χ0v) is 34.5. The lowest BCUT2D eigenvalue weighted by molar-refractivity contribution is -0.114. The number of hydrogen-bond donors (Lipinski definition) is 4. The first kappa shape index (κ1) is 47.7. The summed E-state index contributed by atoms with van der Waals surface area (Å²) >= 11 is 0. The Morgan fingerprint density at radius 1 is 0.564 bits per heavy atom. The third-order valence-corrected chi connectivity index (χ3v) is 8.39. The molecule has 0 aliphatic carbocycles. The Morgan fingerprint density at radius 3 is 1.36 bits per heavy atom. The van der Waals surface area contributed by atoms with Crippen molar-refractivity contribution in [3.63, 3.8) is 0 Å². The molecule has 0 aromatic heterocycles. The average Bonchev–Trinajstić information content (AvgIpc) is 3.09. The van der Waals surface area contributed by atoms with Crippen LogP contribution in [0.25, 0.3) is 0 Å². The first-order valence-electron chi connectivity index (χ1n) is 18.9. The van der Waals surface area contributed by atoms with Crippen LogP contribution >= 0.6 is 0 Å². The Morgan fingerprint density at radius 2 is 0.945 bits per heavy atom. The van der Waals surface area contributed by atoms with E-state index in [1.807, 2.05) is 12.2 Å². The first-order valence-corrected chi connectivity index (χ1v) is 18.9. The lowest BCUT2D eigenvalue weighted by Gasteiger charge is -2.12. The Balaban J connectivity index is 0.000000553. The number of nitrogen functional groups attached to an aromatic ring is 1. The molecule has 9 heteroatoms. The number of carboxylic acid groups (broad SMARTS) is 2. The lowest BCUT2D eigenvalue weighted by Crippen LogP contribution is -2.09. The topological polar surface area (TPSA) is 148 Å². The zero-order valence-electron chi connectivity index (χ0n) is 34.5. The largest absolute Gasteiger partial charge is 0.487 e. The molecule has 0 bridgehead atoms. The molecular formula is C46H64N2O7. The molecule has 2 rings (SSSR count). The molecule has 0 radical (unpaired) electrons. The second-order valence-corrected chi connectivity index (χ2v) is 14.3. The number of carbonyl (C=O) groups is 3. The molecule has 9 nitrogen and oxygen atoms in total. The SMILES string of the molecule is CC(=O)Nc1ccc(C(=O)O)cc1OC/C=C(\C)CC/C=C(\C)CCC=C(C)C.CC(C)=CCC/C(C)=C/CC/C(C)=C/COc1cc(C(=O)O)ccc1N. The number of carboxylic acids is 2. The van der Waals surface area contributed by atoms with Crippen molar-refractivity contribution in [3.8, 4) is 11.5 Å². The third kappa shape index (κ3) is 22.5. The van der Waals surface area contributed by atoms with Crippen molar-refractivity contribution in [2.24, 2.45) is 0 Å². The van der Waals surface area contributed by atoms with Gasteiger partial charge in [0.2, 0.25) is 5.91 Å². The minimum atomic E-state index is -1.04. The van der Waals surface area contributed by atoms with Crippen molar-refractivity contribution < 1.29 is 34.1 Å². The van der Waals surface area contributed by atoms with Crippen LogP contribution in [-0.4, -0.2) is 41.3 Å². The monoisotopic (exact) mass is 756 g/mol. The number of ether oxygens (including phenoxy) is 2. The predicted octanol–water partition coefficient (Wildman–Crippen LogP) is 11.9. The lowest BCUT2D eigenvalue weighted by atomic mass is 10.1. The summed E-state index contributed by atoms with van der Waals surface area (Å²) in [6.07, 6.45) is 21.4. The van der Waals surface area contributed by atoms with Gasteiger partial charge in [0.25, 0.3) is 0 Å². The molecule has 5 N–H and O–H groups in total. The van der Waals surface area contributed by atoms with Crippen molar-refractivity contribution in [1.29, 1.82) is 0 Å². The summed E-state index contributed by atoms with van der Waals surface area (Å²) in [5, 5.41) is 20.8. The van der Waals surface area contributed by atoms with Gasteiger partial charge < -0.3 is 30.7 Å². The number of hydrogen-bond acceptors (Lipinski definition) is 6. The van der Waals surface area contributed by atoms with Gasteiger partial charge in [-0.15, -0.1) is 0 Å². The zero-order chi connectivity index (χ0) is 41.3. The van der Waals surface area contributed by atoms with E-state index in [2.05, 4.69) is 85.0 Å². The third-order valence-electron chi connectivity index (χ3n) is 8.39. The Bertz CT molecular complexity index is 1750. The smallest absolute Gasteiger partial charge is 0.335 e. The normalized spacial score (nSPS) is 11.9. The molecule has 1 amide bonds. The number of nitrogens with one attached hydrogen (secondary N) is 1. The van der Waals surface area contributed by atoms with Crippen molar-refractivity contribution >= 4 is 29.2 Å². The molecule has 0 spiro atoms. The van der Waals surface area contributed by atoms with Crippen LogP contribution in [0.1, 0.15) is 134 Å². The van der Waals surface area contributed by atoms with Gasteiger partial charge in [0.05, 0.1) is 22.5 Å². The van der Waals surface area contributed by atoms with E-state index in [0.717, 1.165) is 51.4 Å². The maximum atomic E-state index is 11.3. The average molecular weight is 757 g/mol. The standard InChI is InChI=1S/C24H33NO4.C22H31NO3/c1-17(2)8-6-9-18(3)10-7-11-19(4)14-15-29-23-16-21(24(27)28)12-13-22(23)25-20(5)26;1-16(2)7-5-8-17(3)9-6-10-18(4)13-14-26-21-15-19(22(24)25)11-12-20(21)23/h8,10,12-14,16H,6-7,9,11,15H2,1-5H3,(H,25,26)(H,27,28);7,9,11-13,15H,5-6,8,10,14,23H2,1-4H3,(H,24,25)/b18-10+,19-14+;17-9+,18-13+. The summed E-state index contributed by atoms with van der Waals surface area (Å²) in [6, 6.07) is 8.89. The summed E-state index contributed by atoms with van der Waals surface area (Å²) in [5.74, 6) is -1.52. The molecule has 0 fully saturated rings. The van der Waals surface area contributed by atoms with Crippen molar-refractivity contribution in [2.45, 2.75) is 114 Å². The van der Waals surface area contributed by atoms with Gasteiger partial charge >= 0.3 is 11.9 Å². The molecule has 0 saturated heterocycles. The van der Waals surface area contributed by atoms with Crippen LogP contribution in [-0.2, 0) is 4.79 Å². The molecule has 0 heterocycles. The van der Waals surface area contributed by atoms with Gasteiger partial charge in [-0.05, 0) is 155 Å². The van der Waals surface area contributed by atoms with E-state index in [-0.39, 0.29) is 17.0 Å². The van der Waals surface area contributed by atoms with Gasteiger partial charge in [-0.25, -0.2) is 9.59 Å². The number of nitrogens with two attached hydrogens (primary N) is 1. The highest BCUT2D eigenvalue weighted by molar-refractivity contribution is 5.93. The molecule has 300 valence electrons. The van der Waals surface area contributed by atoms with Crippen molar-refractivity contribution in [2.75, 3.05) is 24.3 Å². The maximum absolute atomic E-state index is 11.3. The van der Waals surface area contributed by atoms with Gasteiger partial charge in [-0.3, -0.25) is 4.79 Å². The van der Waals surface area contributed by atoms with Crippen LogP contribution in [0.2, 0.25) is 0 Å². The summed E-state index contributed by atoms with van der Waals surface area (Å²) in [6.45, 7) is 19.0. The van der Waals surface area contributed by atoms with Gasteiger partial charge in [0, 0.05) is 6.92 Å². The van der Waals surface area contributed by atoms with Gasteiger partial charge in [-0.2, -0.15) is 0 Å². The number of aromatic carboxylic acids is 2. The number of amides is 1. The van der Waals surface area contributed by atoms with E-state index in [1.165, 1.54) is 64.6 Å². The first-order chi connectivity index (χ1) is 26.0. The minimum absolute atomic E-state index is 0.114. The molecule has 0 unspecified atom stereocenters.